The molecule has 2 heterocycles. The lowest BCUT2D eigenvalue weighted by atomic mass is 9.78. The van der Waals surface area contributed by atoms with Crippen LogP contribution in [0.25, 0.3) is 55.3 Å². The predicted molar refractivity (Wildman–Crippen MR) is 244 cm³/mol. The van der Waals surface area contributed by atoms with E-state index in [2.05, 4.69) is 207 Å². The van der Waals surface area contributed by atoms with E-state index >= 15 is 0 Å². The molecule has 2 aliphatic carbocycles. The number of para-hydroxylation sites is 1. The Kier molecular flexibility index (Phi) is 7.62. The molecule has 12 rings (SSSR count). The molecule has 1 aromatic heterocycles. The fourth-order valence-corrected chi connectivity index (χ4v) is 10.0. The Labute approximate surface area is 350 Å². The maximum absolute atomic E-state index is 6.92. The number of hydrogen-bond donors (Lipinski definition) is 0. The van der Waals surface area contributed by atoms with Crippen LogP contribution < -0.4 is 9.64 Å². The smallest absolute Gasteiger partial charge is 0.139 e. The molecular weight excluding hydrogens is 731 g/mol. The highest BCUT2D eigenvalue weighted by Gasteiger charge is 2.40. The topological polar surface area (TPSA) is 25.6 Å². The molecule has 2 atom stereocenters. The molecule has 60 heavy (non-hydrogen) atoms. The van der Waals surface area contributed by atoms with Crippen molar-refractivity contribution in [3.05, 3.63) is 228 Å². The third-order valence-electron chi connectivity index (χ3n) is 12.9. The normalized spacial score (nSPS) is 16.7. The summed E-state index contributed by atoms with van der Waals surface area (Å²) in [6.07, 6.45) is 6.59. The fourth-order valence-electron chi connectivity index (χ4n) is 10.0. The van der Waals surface area contributed by atoms with Crippen molar-refractivity contribution < 1.29 is 9.15 Å². The van der Waals surface area contributed by atoms with E-state index in [1.807, 2.05) is 12.1 Å². The van der Waals surface area contributed by atoms with E-state index in [4.69, 9.17) is 9.15 Å². The van der Waals surface area contributed by atoms with E-state index in [1.54, 1.807) is 0 Å². The van der Waals surface area contributed by atoms with E-state index in [-0.39, 0.29) is 17.3 Å². The summed E-state index contributed by atoms with van der Waals surface area (Å²) in [6.45, 7) is 4.67. The zero-order chi connectivity index (χ0) is 40.0. The van der Waals surface area contributed by atoms with E-state index in [9.17, 15) is 0 Å². The summed E-state index contributed by atoms with van der Waals surface area (Å²) in [5.74, 6) is 1.94. The van der Waals surface area contributed by atoms with E-state index in [1.165, 1.54) is 27.8 Å². The first-order valence-corrected chi connectivity index (χ1v) is 20.7. The second-order valence-electron chi connectivity index (χ2n) is 16.6. The van der Waals surface area contributed by atoms with Gasteiger partial charge in [0.25, 0.3) is 0 Å². The van der Waals surface area contributed by atoms with Gasteiger partial charge in [-0.2, -0.15) is 0 Å². The molecule has 0 radical (unpaired) electrons. The highest BCUT2D eigenvalue weighted by Crippen LogP contribution is 2.57. The highest BCUT2D eigenvalue weighted by molar-refractivity contribution is 6.14. The van der Waals surface area contributed by atoms with Crippen LogP contribution in [0, 0.1) is 12.1 Å². The molecule has 0 bridgehead atoms. The minimum atomic E-state index is -0.128. The molecule has 0 fully saturated rings. The van der Waals surface area contributed by atoms with E-state index in [0.717, 1.165) is 78.3 Å². The average Bonchev–Trinajstić information content (AvgIpc) is 3.94. The van der Waals surface area contributed by atoms with Crippen molar-refractivity contribution in [3.8, 4) is 39.1 Å². The first kappa shape index (κ1) is 34.5. The molecule has 3 aliphatic rings. The van der Waals surface area contributed by atoms with Crippen LogP contribution in [0.15, 0.2) is 198 Å². The molecule has 3 nitrogen and oxygen atoms in total. The Morgan fingerprint density at radius 2 is 1.32 bits per heavy atom. The number of rotatable bonds is 6. The van der Waals surface area contributed by atoms with Crippen LogP contribution in [-0.4, -0.2) is 0 Å². The minimum Gasteiger partial charge on any atom is -0.460 e. The summed E-state index contributed by atoms with van der Waals surface area (Å²) in [7, 11) is 0. The SMILES string of the molecule is CC1(C)c2ccccc2-c2ccc(N(c3c#cc(-c4ccccc4)cc3)c3ccc(C4C=CC=C5Oc6c(cc7oc8ccccc8c7c6-c6ccccc6)C54)cc3)cc21. The van der Waals surface area contributed by atoms with Crippen molar-refractivity contribution in [2.24, 2.45) is 0 Å². The fraction of sp³-hybridized carbons (Fsp3) is 0.0877. The summed E-state index contributed by atoms with van der Waals surface area (Å²) in [4.78, 5) is 2.31. The highest BCUT2D eigenvalue weighted by atomic mass is 16.5. The van der Waals surface area contributed by atoms with Crippen molar-refractivity contribution in [1.82, 2.24) is 0 Å². The van der Waals surface area contributed by atoms with Crippen LogP contribution in [0.4, 0.5) is 17.1 Å². The van der Waals surface area contributed by atoms with E-state index in [0.29, 0.717) is 0 Å². The lowest BCUT2D eigenvalue weighted by Gasteiger charge is -2.28. The Morgan fingerprint density at radius 3 is 2.12 bits per heavy atom. The average molecular weight is 770 g/mol. The third-order valence-corrected chi connectivity index (χ3v) is 12.9. The second-order valence-corrected chi connectivity index (χ2v) is 16.6. The number of nitrogens with zero attached hydrogens (tertiary/aromatic N) is 1. The molecule has 8 aromatic carbocycles. The molecule has 2 unspecified atom stereocenters. The van der Waals surface area contributed by atoms with Gasteiger partial charge in [-0.05, 0) is 99.6 Å². The molecule has 0 amide bonds. The van der Waals surface area contributed by atoms with Gasteiger partial charge in [0.15, 0.2) is 0 Å². The summed E-state index contributed by atoms with van der Waals surface area (Å²) in [5, 5.41) is 2.19. The monoisotopic (exact) mass is 769 g/mol. The van der Waals surface area contributed by atoms with E-state index < -0.39 is 0 Å². The molecule has 3 heteroatoms. The number of ether oxygens (including phenoxy) is 1. The van der Waals surface area contributed by atoms with Crippen molar-refractivity contribution >= 4 is 39.0 Å². The summed E-state index contributed by atoms with van der Waals surface area (Å²) >= 11 is 0. The van der Waals surface area contributed by atoms with Gasteiger partial charge in [-0.1, -0.05) is 153 Å². The van der Waals surface area contributed by atoms with Gasteiger partial charge in [0.2, 0.25) is 0 Å². The molecular formula is C57H39NO2. The van der Waals surface area contributed by atoms with Gasteiger partial charge in [-0.15, -0.1) is 0 Å². The van der Waals surface area contributed by atoms with Gasteiger partial charge in [-0.25, -0.2) is 0 Å². The Balaban J connectivity index is 0.958. The largest absolute Gasteiger partial charge is 0.460 e. The quantitative estimate of drug-likeness (QED) is 0.168. The van der Waals surface area contributed by atoms with Gasteiger partial charge in [0.05, 0.1) is 11.6 Å². The number of anilines is 3. The molecule has 9 aromatic rings. The maximum Gasteiger partial charge on any atom is 0.139 e. The van der Waals surface area contributed by atoms with Crippen LogP contribution >= 0.6 is 0 Å². The molecule has 0 spiro atoms. The number of furan rings is 1. The number of benzene rings is 7. The zero-order valence-electron chi connectivity index (χ0n) is 33.3. The first-order valence-electron chi connectivity index (χ1n) is 20.7. The van der Waals surface area contributed by atoms with Gasteiger partial charge in [-0.3, -0.25) is 0 Å². The Morgan fingerprint density at radius 1 is 0.600 bits per heavy atom. The molecule has 1 aliphatic heterocycles. The Hall–Kier alpha value is -7.54. The number of hydrogen-bond acceptors (Lipinski definition) is 3. The second kappa shape index (κ2) is 13.2. The summed E-state index contributed by atoms with van der Waals surface area (Å²) in [5.41, 5.74) is 16.7. The summed E-state index contributed by atoms with van der Waals surface area (Å²) < 4.78 is 13.5. The van der Waals surface area contributed by atoms with Gasteiger partial charge in [0, 0.05) is 50.2 Å². The van der Waals surface area contributed by atoms with Crippen LogP contribution in [0.2, 0.25) is 0 Å². The third kappa shape index (κ3) is 5.24. The molecule has 0 saturated heterocycles. The summed E-state index contributed by atoms with van der Waals surface area (Å²) in [6, 6.07) is 67.7. The van der Waals surface area contributed by atoms with Crippen LogP contribution in [0.5, 0.6) is 5.75 Å². The lowest BCUT2D eigenvalue weighted by molar-refractivity contribution is 0.418. The van der Waals surface area contributed by atoms with Gasteiger partial charge < -0.3 is 14.1 Å². The zero-order valence-corrected chi connectivity index (χ0v) is 33.3. The number of allylic oxidation sites excluding steroid dienone is 4. The van der Waals surface area contributed by atoms with Gasteiger partial charge >= 0.3 is 0 Å². The predicted octanol–water partition coefficient (Wildman–Crippen LogP) is 15.0. The minimum absolute atomic E-state index is 0.000987. The lowest BCUT2D eigenvalue weighted by Crippen LogP contribution is -2.16. The number of fused-ring (bicyclic) bond motifs is 9. The van der Waals surface area contributed by atoms with Crippen molar-refractivity contribution in [1.29, 1.82) is 0 Å². The maximum atomic E-state index is 6.92. The molecule has 0 N–H and O–H groups in total. The molecule has 0 saturated carbocycles. The first-order chi connectivity index (χ1) is 29.5. The van der Waals surface area contributed by atoms with Crippen LogP contribution in [-0.2, 0) is 5.41 Å². The Bertz CT molecular complexity index is 3190. The van der Waals surface area contributed by atoms with Gasteiger partial charge in [0.1, 0.15) is 22.7 Å². The van der Waals surface area contributed by atoms with Crippen molar-refractivity contribution in [2.75, 3.05) is 4.90 Å². The van der Waals surface area contributed by atoms with Crippen molar-refractivity contribution in [2.45, 2.75) is 31.1 Å². The molecule has 284 valence electrons. The van der Waals surface area contributed by atoms with Crippen LogP contribution in [0.1, 0.15) is 47.9 Å². The standard InChI is InChI=1S/C57H39NO2/c1-57(2)48-21-11-9-18-44(48)45-33-32-42(34-49(45)57)58(40-28-24-37(25-29-40)36-14-5-3-6-15-36)41-30-26-38(27-31-41)43-20-13-23-51-54(43)47-35-52-55(46-19-10-12-22-50(46)59-52)53(56(47)60-51)39-16-7-4-8-17-39/h3-24,26-28,30-35,43,54H,1-2H3. The van der Waals surface area contributed by atoms with Crippen LogP contribution in [0.3, 0.4) is 0 Å². The van der Waals surface area contributed by atoms with Crippen molar-refractivity contribution in [3.63, 3.8) is 0 Å².